The van der Waals surface area contributed by atoms with Crippen LogP contribution < -0.4 is 10.9 Å². The second-order valence-electron chi connectivity index (χ2n) is 3.25. The van der Waals surface area contributed by atoms with Gasteiger partial charge in [-0.25, -0.2) is 0 Å². The first-order valence-corrected chi connectivity index (χ1v) is 6.25. The Morgan fingerprint density at radius 3 is 2.47 bits per heavy atom. The maximum Gasteiger partial charge on any atom is 0.279 e. The van der Waals surface area contributed by atoms with Gasteiger partial charge in [-0.15, -0.1) is 11.3 Å². The second-order valence-corrected chi connectivity index (χ2v) is 4.61. The third-order valence-electron chi connectivity index (χ3n) is 2.07. The number of carbonyl (C=O) groups is 1. The molecule has 0 saturated heterocycles. The van der Waals surface area contributed by atoms with Gasteiger partial charge in [0.1, 0.15) is 4.99 Å². The van der Waals surface area contributed by atoms with E-state index < -0.39 is 0 Å². The van der Waals surface area contributed by atoms with Gasteiger partial charge in [0.25, 0.3) is 5.91 Å². The fourth-order valence-corrected chi connectivity index (χ4v) is 2.05. The van der Waals surface area contributed by atoms with Crippen molar-refractivity contribution >= 4 is 34.5 Å². The highest BCUT2D eigenvalue weighted by Crippen LogP contribution is 2.07. The summed E-state index contributed by atoms with van der Waals surface area (Å²) in [7, 11) is 0. The number of amides is 1. The van der Waals surface area contributed by atoms with E-state index in [1.807, 2.05) is 41.8 Å². The number of hydrogen-bond acceptors (Lipinski definition) is 3. The van der Waals surface area contributed by atoms with Gasteiger partial charge in [0.2, 0.25) is 0 Å². The zero-order chi connectivity index (χ0) is 12.1. The Morgan fingerprint density at radius 2 is 1.82 bits per heavy atom. The molecule has 2 N–H and O–H groups in total. The van der Waals surface area contributed by atoms with Gasteiger partial charge in [-0.05, 0) is 11.4 Å². The molecule has 2 rings (SSSR count). The average molecular weight is 262 g/mol. The minimum Gasteiger partial charge on any atom is -0.287 e. The summed E-state index contributed by atoms with van der Waals surface area (Å²) in [6.07, 6.45) is 0. The molecule has 0 unspecified atom stereocenters. The summed E-state index contributed by atoms with van der Waals surface area (Å²) < 4.78 is 0. The maximum atomic E-state index is 11.6. The highest BCUT2D eigenvalue weighted by Gasteiger charge is 2.06. The molecule has 1 heterocycles. The molecule has 0 saturated carbocycles. The molecule has 0 fully saturated rings. The number of benzene rings is 1. The van der Waals surface area contributed by atoms with Crippen LogP contribution in [0.25, 0.3) is 0 Å². The lowest BCUT2D eigenvalue weighted by Crippen LogP contribution is -2.40. The number of nitrogens with one attached hydrogen (secondary N) is 2. The summed E-state index contributed by atoms with van der Waals surface area (Å²) in [5.41, 5.74) is 6.16. The van der Waals surface area contributed by atoms with Crippen LogP contribution in [0.3, 0.4) is 0 Å². The SMILES string of the molecule is O=C(NNC(=S)c1ccccc1)c1cccs1. The van der Waals surface area contributed by atoms with E-state index in [0.29, 0.717) is 9.87 Å². The third kappa shape index (κ3) is 3.12. The molecule has 1 aromatic carbocycles. The van der Waals surface area contributed by atoms with Gasteiger partial charge < -0.3 is 0 Å². The van der Waals surface area contributed by atoms with Crippen molar-refractivity contribution in [3.63, 3.8) is 0 Å². The summed E-state index contributed by atoms with van der Waals surface area (Å²) in [6.45, 7) is 0. The van der Waals surface area contributed by atoms with Crippen LogP contribution in [0.1, 0.15) is 15.2 Å². The van der Waals surface area contributed by atoms with Crippen molar-refractivity contribution in [2.24, 2.45) is 0 Å². The van der Waals surface area contributed by atoms with Crippen LogP contribution in [-0.4, -0.2) is 10.9 Å². The zero-order valence-electron chi connectivity index (χ0n) is 8.84. The molecule has 0 aliphatic heterocycles. The molecule has 2 aromatic rings. The summed E-state index contributed by atoms with van der Waals surface area (Å²) in [4.78, 5) is 12.8. The number of thiocarbonyl (C=S) groups is 1. The molecular formula is C12H10N2OS2. The van der Waals surface area contributed by atoms with Crippen LogP contribution in [-0.2, 0) is 0 Å². The van der Waals surface area contributed by atoms with Crippen molar-refractivity contribution in [2.75, 3.05) is 0 Å². The standard InChI is InChI=1S/C12H10N2OS2/c15-11(10-7-4-8-17-10)13-14-12(16)9-5-2-1-3-6-9/h1-8H,(H,13,15)(H,14,16). The van der Waals surface area contributed by atoms with Crippen LogP contribution in [0.4, 0.5) is 0 Å². The first-order valence-electron chi connectivity index (χ1n) is 4.96. The minimum atomic E-state index is -0.182. The summed E-state index contributed by atoms with van der Waals surface area (Å²) in [5, 5.41) is 1.85. The largest absolute Gasteiger partial charge is 0.287 e. The molecule has 0 spiro atoms. The molecule has 0 atom stereocenters. The van der Waals surface area contributed by atoms with Gasteiger partial charge in [0, 0.05) is 5.56 Å². The fraction of sp³-hybridized carbons (Fsp3) is 0. The Balaban J connectivity index is 1.91. The van der Waals surface area contributed by atoms with E-state index in [4.69, 9.17) is 12.2 Å². The molecule has 17 heavy (non-hydrogen) atoms. The van der Waals surface area contributed by atoms with Crippen molar-refractivity contribution in [3.05, 3.63) is 58.3 Å². The van der Waals surface area contributed by atoms with E-state index in [1.165, 1.54) is 11.3 Å². The van der Waals surface area contributed by atoms with Crippen molar-refractivity contribution in [1.29, 1.82) is 0 Å². The lowest BCUT2D eigenvalue weighted by molar-refractivity contribution is 0.0948. The molecule has 5 heteroatoms. The summed E-state index contributed by atoms with van der Waals surface area (Å²) in [6, 6.07) is 13.0. The Kier molecular flexibility index (Phi) is 3.85. The number of hydrogen-bond donors (Lipinski definition) is 2. The van der Waals surface area contributed by atoms with Gasteiger partial charge in [0.05, 0.1) is 4.88 Å². The highest BCUT2D eigenvalue weighted by molar-refractivity contribution is 7.80. The molecule has 0 aliphatic carbocycles. The molecule has 1 aromatic heterocycles. The smallest absolute Gasteiger partial charge is 0.279 e. The normalized spacial score (nSPS) is 9.65. The van der Waals surface area contributed by atoms with Gasteiger partial charge in [-0.1, -0.05) is 48.6 Å². The molecule has 0 bridgehead atoms. The van der Waals surface area contributed by atoms with Crippen molar-refractivity contribution in [1.82, 2.24) is 10.9 Å². The Morgan fingerprint density at radius 1 is 1.06 bits per heavy atom. The van der Waals surface area contributed by atoms with E-state index in [9.17, 15) is 4.79 Å². The molecule has 0 aliphatic rings. The van der Waals surface area contributed by atoms with Crippen molar-refractivity contribution < 1.29 is 4.79 Å². The molecule has 86 valence electrons. The summed E-state index contributed by atoms with van der Waals surface area (Å²) in [5.74, 6) is -0.182. The van der Waals surface area contributed by atoms with E-state index in [0.717, 1.165) is 5.56 Å². The Bertz CT molecular complexity index is 509. The van der Waals surface area contributed by atoms with Crippen molar-refractivity contribution in [3.8, 4) is 0 Å². The molecular weight excluding hydrogens is 252 g/mol. The monoisotopic (exact) mass is 262 g/mol. The van der Waals surface area contributed by atoms with Crippen LogP contribution in [0.15, 0.2) is 47.8 Å². The van der Waals surface area contributed by atoms with E-state index in [-0.39, 0.29) is 5.91 Å². The van der Waals surface area contributed by atoms with E-state index >= 15 is 0 Å². The fourth-order valence-electron chi connectivity index (χ4n) is 1.24. The van der Waals surface area contributed by atoms with Crippen LogP contribution in [0, 0.1) is 0 Å². The predicted molar refractivity (Wildman–Crippen MR) is 73.1 cm³/mol. The average Bonchev–Trinajstić information content (AvgIpc) is 2.90. The highest BCUT2D eigenvalue weighted by atomic mass is 32.1. The summed E-state index contributed by atoms with van der Waals surface area (Å²) >= 11 is 6.53. The molecule has 1 amide bonds. The van der Waals surface area contributed by atoms with E-state index in [1.54, 1.807) is 6.07 Å². The number of hydrazine groups is 1. The number of carbonyl (C=O) groups excluding carboxylic acids is 1. The van der Waals surface area contributed by atoms with E-state index in [2.05, 4.69) is 10.9 Å². The molecule has 0 radical (unpaired) electrons. The topological polar surface area (TPSA) is 41.1 Å². The zero-order valence-corrected chi connectivity index (χ0v) is 10.5. The lowest BCUT2D eigenvalue weighted by Gasteiger charge is -2.08. The lowest BCUT2D eigenvalue weighted by atomic mass is 10.2. The molecule has 3 nitrogen and oxygen atoms in total. The predicted octanol–water partition coefficient (Wildman–Crippen LogP) is 2.36. The quantitative estimate of drug-likeness (QED) is 0.645. The van der Waals surface area contributed by atoms with Gasteiger partial charge >= 0.3 is 0 Å². The van der Waals surface area contributed by atoms with Gasteiger partial charge in [-0.3, -0.25) is 15.6 Å². The minimum absolute atomic E-state index is 0.182. The maximum absolute atomic E-state index is 11.6. The number of thiophene rings is 1. The third-order valence-corrected chi connectivity index (χ3v) is 3.28. The van der Waals surface area contributed by atoms with Gasteiger partial charge in [0.15, 0.2) is 0 Å². The van der Waals surface area contributed by atoms with Gasteiger partial charge in [-0.2, -0.15) is 0 Å². The Labute approximate surface area is 108 Å². The first kappa shape index (κ1) is 11.8. The Hall–Kier alpha value is -1.72. The van der Waals surface area contributed by atoms with Crippen molar-refractivity contribution in [2.45, 2.75) is 0 Å². The number of rotatable bonds is 2. The second kappa shape index (κ2) is 5.56. The van der Waals surface area contributed by atoms with Crippen LogP contribution >= 0.6 is 23.6 Å². The van der Waals surface area contributed by atoms with Crippen LogP contribution in [0.5, 0.6) is 0 Å². The van der Waals surface area contributed by atoms with Crippen LogP contribution in [0.2, 0.25) is 0 Å². The first-order chi connectivity index (χ1) is 8.27.